The molecule has 1 aromatic carbocycles. The van der Waals surface area contributed by atoms with Crippen molar-refractivity contribution in [1.29, 1.82) is 0 Å². The summed E-state index contributed by atoms with van der Waals surface area (Å²) in [5, 5.41) is 13.7. The minimum Gasteiger partial charge on any atom is -0.452 e. The fourth-order valence-corrected chi connectivity index (χ4v) is 3.15. The highest BCUT2D eigenvalue weighted by molar-refractivity contribution is 7.90. The summed E-state index contributed by atoms with van der Waals surface area (Å²) in [6, 6.07) is 2.90. The van der Waals surface area contributed by atoms with Crippen LogP contribution in [-0.4, -0.2) is 44.1 Å². The van der Waals surface area contributed by atoms with E-state index in [0.717, 1.165) is 37.3 Å². The maximum absolute atomic E-state index is 11.9. The number of rotatable bonds is 7. The molecule has 1 saturated carbocycles. The van der Waals surface area contributed by atoms with Gasteiger partial charge in [0.25, 0.3) is 11.6 Å². The molecule has 0 bridgehead atoms. The first kappa shape index (κ1) is 18.8. The molecule has 1 aliphatic rings. The summed E-state index contributed by atoms with van der Waals surface area (Å²) in [5.74, 6) is -0.960. The Bertz CT molecular complexity index is 815. The quantitative estimate of drug-likeness (QED) is 0.431. The molecule has 1 aliphatic carbocycles. The number of amides is 1. The number of sulfone groups is 1. The molecule has 10 heteroatoms. The first-order valence-electron chi connectivity index (χ1n) is 7.54. The molecule has 1 fully saturated rings. The Morgan fingerprint density at radius 2 is 2.04 bits per heavy atom. The maximum Gasteiger partial charge on any atom is 0.338 e. The Balaban J connectivity index is 2.05. The fraction of sp³-hybridized carbons (Fsp3) is 0.467. The van der Waals surface area contributed by atoms with Crippen molar-refractivity contribution >= 4 is 27.4 Å². The highest BCUT2D eigenvalue weighted by Crippen LogP contribution is 2.32. The first-order chi connectivity index (χ1) is 11.6. The van der Waals surface area contributed by atoms with E-state index >= 15 is 0 Å². The average Bonchev–Trinajstić information content (AvgIpc) is 3.35. The SMILES string of the molecule is C[C@@H](NC(=O)COC(=O)c1ccc(S(C)(=O)=O)c([N+](=O)[O-])c1)C1CC1. The lowest BCUT2D eigenvalue weighted by molar-refractivity contribution is -0.387. The summed E-state index contributed by atoms with van der Waals surface area (Å²) in [7, 11) is -3.82. The number of nitro benzene ring substituents is 1. The summed E-state index contributed by atoms with van der Waals surface area (Å²) in [6.45, 7) is 1.35. The van der Waals surface area contributed by atoms with E-state index in [2.05, 4.69) is 5.32 Å². The zero-order chi connectivity index (χ0) is 18.8. The Kier molecular flexibility index (Phi) is 5.41. The molecule has 9 nitrogen and oxygen atoms in total. The Morgan fingerprint density at radius 3 is 2.56 bits per heavy atom. The molecule has 0 aromatic heterocycles. The number of nitro groups is 1. The third-order valence-corrected chi connectivity index (χ3v) is 4.99. The lowest BCUT2D eigenvalue weighted by Gasteiger charge is -2.12. The van der Waals surface area contributed by atoms with Gasteiger partial charge in [0.2, 0.25) is 0 Å². The molecule has 0 aliphatic heterocycles. The first-order valence-corrected chi connectivity index (χ1v) is 9.43. The fourth-order valence-electron chi connectivity index (χ4n) is 2.32. The summed E-state index contributed by atoms with van der Waals surface area (Å²) in [6.07, 6.45) is 2.94. The topological polar surface area (TPSA) is 133 Å². The molecule has 1 aromatic rings. The summed E-state index contributed by atoms with van der Waals surface area (Å²) in [5.41, 5.74) is -0.925. The number of carbonyl (C=O) groups is 2. The van der Waals surface area contributed by atoms with Gasteiger partial charge in [-0.1, -0.05) is 0 Å². The monoisotopic (exact) mass is 370 g/mol. The van der Waals surface area contributed by atoms with Gasteiger partial charge < -0.3 is 10.1 Å². The van der Waals surface area contributed by atoms with Gasteiger partial charge in [0.05, 0.1) is 10.5 Å². The van der Waals surface area contributed by atoms with Crippen molar-refractivity contribution in [1.82, 2.24) is 5.32 Å². The second kappa shape index (κ2) is 7.18. The van der Waals surface area contributed by atoms with Gasteiger partial charge in [-0.2, -0.15) is 0 Å². The van der Waals surface area contributed by atoms with Crippen LogP contribution in [0.4, 0.5) is 5.69 Å². The molecule has 0 saturated heterocycles. The Morgan fingerprint density at radius 1 is 1.40 bits per heavy atom. The zero-order valence-electron chi connectivity index (χ0n) is 13.7. The van der Waals surface area contributed by atoms with Gasteiger partial charge in [0.1, 0.15) is 4.90 Å². The largest absolute Gasteiger partial charge is 0.452 e. The lowest BCUT2D eigenvalue weighted by atomic mass is 10.2. The standard InChI is InChI=1S/C15H18N2O7S/c1-9(10-3-4-10)16-14(18)8-24-15(19)11-5-6-13(25(2,22)23)12(7-11)17(20)21/h5-7,9-10H,3-4,8H2,1-2H3,(H,16,18)/t9-/m1/s1. The van der Waals surface area contributed by atoms with Gasteiger partial charge in [-0.05, 0) is 37.8 Å². The zero-order valence-corrected chi connectivity index (χ0v) is 14.5. The molecular formula is C15H18N2O7S. The third kappa shape index (κ3) is 4.99. The predicted octanol–water partition coefficient (Wildman–Crippen LogP) is 1.07. The van der Waals surface area contributed by atoms with Crippen molar-refractivity contribution < 1.29 is 27.7 Å². The van der Waals surface area contributed by atoms with Gasteiger partial charge in [-0.3, -0.25) is 14.9 Å². The van der Waals surface area contributed by atoms with Crippen LogP contribution in [0, 0.1) is 16.0 Å². The van der Waals surface area contributed by atoms with Gasteiger partial charge in [0, 0.05) is 18.4 Å². The highest BCUT2D eigenvalue weighted by atomic mass is 32.2. The Hall–Kier alpha value is -2.49. The normalized spacial score (nSPS) is 15.3. The van der Waals surface area contributed by atoms with Gasteiger partial charge >= 0.3 is 5.97 Å². The van der Waals surface area contributed by atoms with E-state index in [1.54, 1.807) is 0 Å². The number of carbonyl (C=O) groups excluding carboxylic acids is 2. The van der Waals surface area contributed by atoms with E-state index in [4.69, 9.17) is 4.74 Å². The molecule has 1 N–H and O–H groups in total. The van der Waals surface area contributed by atoms with Crippen molar-refractivity contribution in [3.05, 3.63) is 33.9 Å². The van der Waals surface area contributed by atoms with Crippen LogP contribution >= 0.6 is 0 Å². The molecule has 0 heterocycles. The van der Waals surface area contributed by atoms with Crippen LogP contribution in [0.2, 0.25) is 0 Å². The second-order valence-corrected chi connectivity index (χ2v) is 7.97. The predicted molar refractivity (Wildman–Crippen MR) is 86.8 cm³/mol. The number of hydrogen-bond acceptors (Lipinski definition) is 7. The smallest absolute Gasteiger partial charge is 0.338 e. The molecule has 136 valence electrons. The molecule has 2 rings (SSSR count). The van der Waals surface area contributed by atoms with Gasteiger partial charge in [0.15, 0.2) is 16.4 Å². The van der Waals surface area contributed by atoms with Crippen LogP contribution in [0.3, 0.4) is 0 Å². The van der Waals surface area contributed by atoms with E-state index in [9.17, 15) is 28.1 Å². The van der Waals surface area contributed by atoms with Crippen LogP contribution in [-0.2, 0) is 19.4 Å². The van der Waals surface area contributed by atoms with Crippen LogP contribution in [0.25, 0.3) is 0 Å². The number of esters is 1. The second-order valence-electron chi connectivity index (χ2n) is 5.98. The lowest BCUT2D eigenvalue weighted by Crippen LogP contribution is -2.37. The van der Waals surface area contributed by atoms with Crippen molar-refractivity contribution in [2.24, 2.45) is 5.92 Å². The summed E-state index contributed by atoms with van der Waals surface area (Å²) < 4.78 is 27.9. The third-order valence-electron chi connectivity index (χ3n) is 3.84. The van der Waals surface area contributed by atoms with Gasteiger partial charge in [-0.25, -0.2) is 13.2 Å². The van der Waals surface area contributed by atoms with E-state index in [-0.39, 0.29) is 11.6 Å². The molecule has 0 spiro atoms. The van der Waals surface area contributed by atoms with Crippen molar-refractivity contribution in [2.45, 2.75) is 30.7 Å². The number of nitrogens with zero attached hydrogens (tertiary/aromatic N) is 1. The van der Waals surface area contributed by atoms with E-state index in [0.29, 0.717) is 5.92 Å². The molecule has 1 amide bonds. The van der Waals surface area contributed by atoms with E-state index in [1.165, 1.54) is 0 Å². The molecular weight excluding hydrogens is 352 g/mol. The van der Waals surface area contributed by atoms with Crippen molar-refractivity contribution in [3.63, 3.8) is 0 Å². The number of nitrogens with one attached hydrogen (secondary N) is 1. The van der Waals surface area contributed by atoms with E-state index < -0.39 is 43.8 Å². The summed E-state index contributed by atoms with van der Waals surface area (Å²) in [4.78, 5) is 33.3. The van der Waals surface area contributed by atoms with Crippen LogP contribution in [0.1, 0.15) is 30.1 Å². The number of benzene rings is 1. The highest BCUT2D eigenvalue weighted by Gasteiger charge is 2.29. The number of hydrogen-bond donors (Lipinski definition) is 1. The average molecular weight is 370 g/mol. The Labute approximate surface area is 144 Å². The van der Waals surface area contributed by atoms with Crippen LogP contribution in [0.15, 0.2) is 23.1 Å². The molecule has 0 unspecified atom stereocenters. The van der Waals surface area contributed by atoms with Crippen LogP contribution < -0.4 is 5.32 Å². The van der Waals surface area contributed by atoms with E-state index in [1.807, 2.05) is 6.92 Å². The number of ether oxygens (including phenoxy) is 1. The van der Waals surface area contributed by atoms with Gasteiger partial charge in [-0.15, -0.1) is 0 Å². The molecule has 0 radical (unpaired) electrons. The van der Waals surface area contributed by atoms with Crippen molar-refractivity contribution in [3.8, 4) is 0 Å². The summed E-state index contributed by atoms with van der Waals surface area (Å²) >= 11 is 0. The molecule has 25 heavy (non-hydrogen) atoms. The molecule has 1 atom stereocenters. The minimum absolute atomic E-state index is 0.00123. The van der Waals surface area contributed by atoms with Crippen LogP contribution in [0.5, 0.6) is 0 Å². The minimum atomic E-state index is -3.82. The van der Waals surface area contributed by atoms with Crippen molar-refractivity contribution in [2.75, 3.05) is 12.9 Å². The maximum atomic E-state index is 11.9.